The lowest BCUT2D eigenvalue weighted by Gasteiger charge is -2.25. The van der Waals surface area contributed by atoms with Gasteiger partial charge in [0.2, 0.25) is 0 Å². The molecule has 0 aliphatic heterocycles. The van der Waals surface area contributed by atoms with Crippen LogP contribution in [0.2, 0.25) is 0 Å². The summed E-state index contributed by atoms with van der Waals surface area (Å²) in [5.41, 5.74) is -0.314. The van der Waals surface area contributed by atoms with Crippen LogP contribution < -0.4 is 5.32 Å². The molecule has 3 heteroatoms. The summed E-state index contributed by atoms with van der Waals surface area (Å²) in [6.07, 6.45) is 1.06. The van der Waals surface area contributed by atoms with E-state index in [4.69, 9.17) is 4.74 Å². The lowest BCUT2D eigenvalue weighted by atomic mass is 9.86. The van der Waals surface area contributed by atoms with Crippen molar-refractivity contribution in [2.24, 2.45) is 11.3 Å². The number of likely N-dealkylation sites (N-methyl/N-ethyl adjacent to an activating group) is 1. The molecule has 0 amide bonds. The van der Waals surface area contributed by atoms with E-state index in [1.54, 1.807) is 7.05 Å². The van der Waals surface area contributed by atoms with Gasteiger partial charge in [-0.15, -0.1) is 0 Å². The minimum Gasteiger partial charge on any atom is -0.464 e. The molecule has 96 valence electrons. The van der Waals surface area contributed by atoms with E-state index in [-0.39, 0.29) is 11.4 Å². The summed E-state index contributed by atoms with van der Waals surface area (Å²) in [5, 5.41) is 2.94. The van der Waals surface area contributed by atoms with E-state index in [2.05, 4.69) is 33.0 Å². The molecule has 16 heavy (non-hydrogen) atoms. The summed E-state index contributed by atoms with van der Waals surface area (Å²) in [4.78, 5) is 11.7. The van der Waals surface area contributed by atoms with Crippen LogP contribution in [0.15, 0.2) is 0 Å². The second kappa shape index (κ2) is 5.67. The maximum absolute atomic E-state index is 11.7. The molecule has 0 bridgehead atoms. The van der Waals surface area contributed by atoms with Crippen molar-refractivity contribution in [2.75, 3.05) is 13.7 Å². The summed E-state index contributed by atoms with van der Waals surface area (Å²) < 4.78 is 5.30. The number of nitrogens with one attached hydrogen (secondary N) is 1. The predicted molar refractivity (Wildman–Crippen MR) is 67.3 cm³/mol. The monoisotopic (exact) mass is 229 g/mol. The van der Waals surface area contributed by atoms with E-state index in [0.717, 1.165) is 6.42 Å². The fourth-order valence-electron chi connectivity index (χ4n) is 1.60. The molecule has 0 spiro atoms. The third-order valence-corrected chi connectivity index (χ3v) is 2.60. The number of hydrogen-bond acceptors (Lipinski definition) is 3. The first-order chi connectivity index (χ1) is 7.08. The molecule has 0 rings (SSSR count). The van der Waals surface area contributed by atoms with Crippen LogP contribution in [0, 0.1) is 11.3 Å². The van der Waals surface area contributed by atoms with Gasteiger partial charge in [0.1, 0.15) is 5.54 Å². The molecule has 0 aromatic rings. The SMILES string of the molecule is CNC(C)(C)C(=O)OCC(C)CC(C)(C)C. The van der Waals surface area contributed by atoms with Gasteiger partial charge in [-0.25, -0.2) is 0 Å². The Morgan fingerprint density at radius 2 is 1.75 bits per heavy atom. The summed E-state index contributed by atoms with van der Waals surface area (Å²) in [5.74, 6) is 0.215. The van der Waals surface area contributed by atoms with Crippen LogP contribution in [-0.2, 0) is 9.53 Å². The molecule has 0 aliphatic carbocycles. The van der Waals surface area contributed by atoms with Gasteiger partial charge in [0, 0.05) is 0 Å². The van der Waals surface area contributed by atoms with Gasteiger partial charge in [0.05, 0.1) is 6.61 Å². The van der Waals surface area contributed by atoms with Crippen molar-refractivity contribution in [1.29, 1.82) is 0 Å². The number of esters is 1. The van der Waals surface area contributed by atoms with E-state index in [1.807, 2.05) is 13.8 Å². The molecule has 0 saturated carbocycles. The van der Waals surface area contributed by atoms with Crippen LogP contribution in [0.4, 0.5) is 0 Å². The Morgan fingerprint density at radius 3 is 2.12 bits per heavy atom. The molecular formula is C13H27NO2. The molecule has 0 heterocycles. The molecule has 1 unspecified atom stereocenters. The third kappa shape index (κ3) is 6.11. The van der Waals surface area contributed by atoms with E-state index in [1.165, 1.54) is 0 Å². The second-order valence-electron chi connectivity index (χ2n) is 6.34. The first kappa shape index (κ1) is 15.4. The van der Waals surface area contributed by atoms with E-state index in [0.29, 0.717) is 12.5 Å². The Bertz CT molecular complexity index is 229. The molecule has 0 aromatic heterocycles. The molecule has 0 aliphatic rings. The normalized spacial score (nSPS) is 14.7. The van der Waals surface area contributed by atoms with E-state index >= 15 is 0 Å². The molecule has 0 aromatic carbocycles. The lowest BCUT2D eigenvalue weighted by Crippen LogP contribution is -2.46. The van der Waals surface area contributed by atoms with E-state index < -0.39 is 5.54 Å². The Kier molecular flexibility index (Phi) is 5.47. The quantitative estimate of drug-likeness (QED) is 0.736. The van der Waals surface area contributed by atoms with Gasteiger partial charge in [0.25, 0.3) is 0 Å². The van der Waals surface area contributed by atoms with Gasteiger partial charge in [-0.1, -0.05) is 27.7 Å². The van der Waals surface area contributed by atoms with Crippen molar-refractivity contribution in [3.8, 4) is 0 Å². The number of hydrogen-bond donors (Lipinski definition) is 1. The van der Waals surface area contributed by atoms with Crippen molar-refractivity contribution in [3.05, 3.63) is 0 Å². The highest BCUT2D eigenvalue weighted by atomic mass is 16.5. The van der Waals surface area contributed by atoms with Crippen LogP contribution in [0.5, 0.6) is 0 Å². The summed E-state index contributed by atoms with van der Waals surface area (Å²) in [7, 11) is 1.76. The summed E-state index contributed by atoms with van der Waals surface area (Å²) >= 11 is 0. The molecule has 0 fully saturated rings. The largest absolute Gasteiger partial charge is 0.464 e. The fraction of sp³-hybridized carbons (Fsp3) is 0.923. The highest BCUT2D eigenvalue weighted by Crippen LogP contribution is 2.24. The molecule has 0 saturated heterocycles. The zero-order valence-corrected chi connectivity index (χ0v) is 11.8. The first-order valence-corrected chi connectivity index (χ1v) is 5.94. The maximum atomic E-state index is 11.7. The third-order valence-electron chi connectivity index (χ3n) is 2.60. The lowest BCUT2D eigenvalue weighted by molar-refractivity contribution is -0.151. The van der Waals surface area contributed by atoms with Crippen LogP contribution in [0.1, 0.15) is 48.0 Å². The minimum absolute atomic E-state index is 0.184. The highest BCUT2D eigenvalue weighted by molar-refractivity contribution is 5.79. The van der Waals surface area contributed by atoms with Gasteiger partial charge >= 0.3 is 5.97 Å². The Labute approximate surface area is 99.9 Å². The zero-order valence-electron chi connectivity index (χ0n) is 11.8. The molecule has 0 radical (unpaired) electrons. The number of rotatable bonds is 5. The summed E-state index contributed by atoms with van der Waals surface area (Å²) in [6.45, 7) is 12.9. The van der Waals surface area contributed by atoms with Crippen LogP contribution in [0.3, 0.4) is 0 Å². The van der Waals surface area contributed by atoms with Crippen molar-refractivity contribution in [3.63, 3.8) is 0 Å². The Hall–Kier alpha value is -0.570. The number of ether oxygens (including phenoxy) is 1. The molecule has 3 nitrogen and oxygen atoms in total. The van der Waals surface area contributed by atoms with Crippen molar-refractivity contribution in [1.82, 2.24) is 5.32 Å². The molecular weight excluding hydrogens is 202 g/mol. The van der Waals surface area contributed by atoms with Gasteiger partial charge in [-0.2, -0.15) is 0 Å². The van der Waals surface area contributed by atoms with E-state index in [9.17, 15) is 4.79 Å². The highest BCUT2D eigenvalue weighted by Gasteiger charge is 2.27. The van der Waals surface area contributed by atoms with Crippen molar-refractivity contribution < 1.29 is 9.53 Å². The smallest absolute Gasteiger partial charge is 0.325 e. The van der Waals surface area contributed by atoms with Crippen molar-refractivity contribution in [2.45, 2.75) is 53.5 Å². The first-order valence-electron chi connectivity index (χ1n) is 5.94. The minimum atomic E-state index is -0.596. The van der Waals surface area contributed by atoms with Gasteiger partial charge in [0.15, 0.2) is 0 Å². The van der Waals surface area contributed by atoms with Crippen LogP contribution >= 0.6 is 0 Å². The Morgan fingerprint density at radius 1 is 1.25 bits per heavy atom. The molecule has 1 atom stereocenters. The van der Waals surface area contributed by atoms with Gasteiger partial charge in [-0.05, 0) is 38.6 Å². The summed E-state index contributed by atoms with van der Waals surface area (Å²) in [6, 6.07) is 0. The molecule has 1 N–H and O–H groups in total. The Balaban J connectivity index is 4.02. The maximum Gasteiger partial charge on any atom is 0.325 e. The number of carbonyl (C=O) groups is 1. The standard InChI is InChI=1S/C13H27NO2/c1-10(8-12(2,3)4)9-16-11(15)13(5,6)14-7/h10,14H,8-9H2,1-7H3. The van der Waals surface area contributed by atoms with Crippen molar-refractivity contribution >= 4 is 5.97 Å². The van der Waals surface area contributed by atoms with Gasteiger partial charge < -0.3 is 10.1 Å². The zero-order chi connectivity index (χ0) is 13.0. The van der Waals surface area contributed by atoms with Crippen LogP contribution in [0.25, 0.3) is 0 Å². The average molecular weight is 229 g/mol. The van der Waals surface area contributed by atoms with Gasteiger partial charge in [-0.3, -0.25) is 4.79 Å². The number of carbonyl (C=O) groups excluding carboxylic acids is 1. The second-order valence-corrected chi connectivity index (χ2v) is 6.34. The average Bonchev–Trinajstić information content (AvgIpc) is 2.11. The van der Waals surface area contributed by atoms with Crippen LogP contribution in [-0.4, -0.2) is 25.2 Å². The topological polar surface area (TPSA) is 38.3 Å². The predicted octanol–water partition coefficient (Wildman–Crippen LogP) is 2.60. The fourth-order valence-corrected chi connectivity index (χ4v) is 1.60.